The zero-order valence-corrected chi connectivity index (χ0v) is 45.4. The maximum Gasteiger partial charge on any atom is 0.350 e. The molecule has 0 spiro atoms. The lowest BCUT2D eigenvalue weighted by Gasteiger charge is -2.67. The zero-order chi connectivity index (χ0) is 58.1. The predicted octanol–water partition coefficient (Wildman–Crippen LogP) is 2.54. The van der Waals surface area contributed by atoms with Crippen LogP contribution < -0.4 is 5.32 Å². The van der Waals surface area contributed by atoms with Gasteiger partial charge in [-0.1, -0.05) is 80.6 Å². The van der Waals surface area contributed by atoms with E-state index in [1.807, 2.05) is 0 Å². The Morgan fingerprint density at radius 2 is 1.45 bits per heavy atom. The van der Waals surface area contributed by atoms with E-state index in [1.165, 1.54) is 59.1 Å². The average molecular weight is 1120 g/mol. The minimum Gasteiger partial charge on any atom is -0.455 e. The number of Topliss-reactive ketones (excluding diaryl/α,β-unsaturated/α-hetero) is 1. The SMILES string of the molecule is CO[C@@H]1O[C@H](CO)[C@@H](O)[C@H](O)[C@H]1OCCCC(=O)O[C@@H](C(=O)O[C@H]1C[C@@]2(O)[C@@H](OC(=O)c3ccccc3)[C@@H]3[C@]4(OC(C)=O)CO[C@@H]4C[C@H](O)[C@@]3(C)C(=O)[C@H](OC(C)=O)C(=C1C)C2(C)C)[C@@H](NC(=O)c1ccccc1)c1ccccc1. The van der Waals surface area contributed by atoms with Crippen molar-refractivity contribution >= 4 is 41.5 Å². The number of fused-ring (bicyclic) bond motifs is 5. The fourth-order valence-electron chi connectivity index (χ4n) is 12.3. The summed E-state index contributed by atoms with van der Waals surface area (Å²) in [5, 5.41) is 60.0. The van der Waals surface area contributed by atoms with E-state index in [-0.39, 0.29) is 53.9 Å². The highest BCUT2D eigenvalue weighted by Crippen LogP contribution is 2.64. The lowest BCUT2D eigenvalue weighted by atomic mass is 9.44. The van der Waals surface area contributed by atoms with Gasteiger partial charge in [-0.05, 0) is 61.2 Å². The third kappa shape index (κ3) is 11.0. The summed E-state index contributed by atoms with van der Waals surface area (Å²) in [6.07, 6.45) is -18.5. The summed E-state index contributed by atoms with van der Waals surface area (Å²) in [5.41, 5.74) is -7.85. The van der Waals surface area contributed by atoms with E-state index in [9.17, 15) is 49.5 Å². The highest BCUT2D eigenvalue weighted by molar-refractivity contribution is 5.96. The van der Waals surface area contributed by atoms with E-state index in [0.717, 1.165) is 13.8 Å². The van der Waals surface area contributed by atoms with Crippen molar-refractivity contribution in [2.45, 2.75) is 152 Å². The van der Waals surface area contributed by atoms with Gasteiger partial charge in [0.15, 0.2) is 23.8 Å². The molecule has 0 radical (unpaired) electrons. The maximum absolute atomic E-state index is 15.8. The molecule has 22 nitrogen and oxygen atoms in total. The summed E-state index contributed by atoms with van der Waals surface area (Å²) >= 11 is 0. The van der Waals surface area contributed by atoms with Crippen LogP contribution in [0, 0.1) is 16.7 Å². The van der Waals surface area contributed by atoms with Crippen molar-refractivity contribution in [1.82, 2.24) is 5.32 Å². The smallest absolute Gasteiger partial charge is 0.350 e. The Kier molecular flexibility index (Phi) is 17.8. The van der Waals surface area contributed by atoms with Crippen LogP contribution in [0.15, 0.2) is 102 Å². The number of hydrogen-bond acceptors (Lipinski definition) is 21. The fourth-order valence-corrected chi connectivity index (χ4v) is 12.3. The highest BCUT2D eigenvalue weighted by Gasteiger charge is 2.78. The van der Waals surface area contributed by atoms with Crippen LogP contribution in [0.2, 0.25) is 0 Å². The number of benzene rings is 3. The minimum absolute atomic E-state index is 0.0160. The largest absolute Gasteiger partial charge is 0.455 e. The number of aliphatic hydroxyl groups excluding tert-OH is 4. The molecule has 0 aromatic heterocycles. The molecule has 8 rings (SSSR count). The average Bonchev–Trinajstić information content (AvgIpc) is 3.52. The van der Waals surface area contributed by atoms with Gasteiger partial charge in [-0.25, -0.2) is 9.59 Å². The van der Waals surface area contributed by atoms with Crippen LogP contribution in [0.5, 0.6) is 0 Å². The first-order valence-electron chi connectivity index (χ1n) is 26.4. The van der Waals surface area contributed by atoms with Crippen LogP contribution in [0.25, 0.3) is 0 Å². The summed E-state index contributed by atoms with van der Waals surface area (Å²) in [5.74, 6) is -8.32. The van der Waals surface area contributed by atoms with E-state index in [4.69, 9.17) is 42.6 Å². The van der Waals surface area contributed by atoms with Crippen LogP contribution >= 0.6 is 0 Å². The molecule has 80 heavy (non-hydrogen) atoms. The molecule has 3 aromatic rings. The van der Waals surface area contributed by atoms with Gasteiger partial charge in [0.1, 0.15) is 54.4 Å². The number of esters is 5. The first-order chi connectivity index (χ1) is 37.9. The van der Waals surface area contributed by atoms with Gasteiger partial charge in [0.05, 0.1) is 36.2 Å². The van der Waals surface area contributed by atoms with E-state index in [1.54, 1.807) is 66.7 Å². The molecule has 2 bridgehead atoms. The van der Waals surface area contributed by atoms with E-state index >= 15 is 9.59 Å². The Bertz CT molecular complexity index is 2810. The second-order valence-corrected chi connectivity index (χ2v) is 21.7. The number of ketones is 1. The molecule has 3 aliphatic carbocycles. The molecule has 2 saturated heterocycles. The third-order valence-corrected chi connectivity index (χ3v) is 16.6. The Labute approximate surface area is 461 Å². The lowest BCUT2D eigenvalue weighted by Crippen LogP contribution is -2.82. The highest BCUT2D eigenvalue weighted by atomic mass is 16.7. The summed E-state index contributed by atoms with van der Waals surface area (Å²) in [6.45, 7) is 6.84. The molecule has 4 fully saturated rings. The van der Waals surface area contributed by atoms with Crippen molar-refractivity contribution < 1.29 is 102 Å². The van der Waals surface area contributed by atoms with Gasteiger partial charge < -0.3 is 73.5 Å². The number of methoxy groups -OCH3 is 1. The normalized spacial score (nSPS) is 33.1. The van der Waals surface area contributed by atoms with Gasteiger partial charge in [-0.3, -0.25) is 24.0 Å². The van der Waals surface area contributed by atoms with E-state index in [2.05, 4.69) is 5.32 Å². The fraction of sp³-hybridized carbons (Fsp3) is 0.534. The van der Waals surface area contributed by atoms with Crippen LogP contribution in [-0.4, -0.2) is 173 Å². The number of ether oxygens (including phenoxy) is 9. The van der Waals surface area contributed by atoms with Crippen molar-refractivity contribution in [3.63, 3.8) is 0 Å². The Morgan fingerprint density at radius 1 is 0.825 bits per heavy atom. The number of carbonyl (C=O) groups is 7. The van der Waals surface area contributed by atoms with Crippen molar-refractivity contribution in [2.24, 2.45) is 16.7 Å². The standard InChI is InChI=1S/C58H69NO21/c1-30-36(76-53(70)46(42(33-18-11-8-12-19-33)59-51(68)34-20-13-9-14-21-34)78-40(64)24-17-25-73-47-44(66)43(65)37(28-60)77-54(47)72-7)27-58(71)50(79-52(69)35-22-15-10-16-23-35)48-56(6,38(63)26-39-57(48,29-74-39)80-32(3)62)49(67)45(75-31(2)61)41(30)55(58,4)5/h8-16,18-23,36-39,42-48,50,54,60,63,65-66,71H,17,24-29H2,1-7H3,(H,59,68)/t36-,37+,38-,39+,42-,43+,44-,45+,46+,47+,48-,50-,54+,56+,57-,58+/m0/s1. The van der Waals surface area contributed by atoms with Gasteiger partial charge in [0.2, 0.25) is 6.10 Å². The molecule has 2 aliphatic heterocycles. The molecule has 0 unspecified atom stereocenters. The molecular formula is C58H69NO21. The number of nitrogens with one attached hydrogen (secondary N) is 1. The van der Waals surface area contributed by atoms with Crippen molar-refractivity contribution in [3.05, 3.63) is 119 Å². The Hall–Kier alpha value is -6.47. The van der Waals surface area contributed by atoms with E-state index < -0.39 is 162 Å². The molecule has 432 valence electrons. The summed E-state index contributed by atoms with van der Waals surface area (Å²) < 4.78 is 53.5. The number of aliphatic hydroxyl groups is 5. The number of carbonyl (C=O) groups excluding carboxylic acids is 7. The third-order valence-electron chi connectivity index (χ3n) is 16.6. The molecule has 2 heterocycles. The predicted molar refractivity (Wildman–Crippen MR) is 275 cm³/mol. The molecule has 3 aromatic carbocycles. The minimum atomic E-state index is -2.52. The van der Waals surface area contributed by atoms with Crippen LogP contribution in [0.1, 0.15) is 99.5 Å². The molecule has 6 N–H and O–H groups in total. The van der Waals surface area contributed by atoms with Crippen LogP contribution in [-0.2, 0) is 66.6 Å². The Morgan fingerprint density at radius 3 is 2.02 bits per heavy atom. The number of amides is 1. The van der Waals surface area contributed by atoms with Crippen LogP contribution in [0.4, 0.5) is 0 Å². The molecule has 1 amide bonds. The van der Waals surface area contributed by atoms with Crippen molar-refractivity contribution in [1.29, 1.82) is 0 Å². The maximum atomic E-state index is 15.8. The monoisotopic (exact) mass is 1120 g/mol. The van der Waals surface area contributed by atoms with Crippen molar-refractivity contribution in [3.8, 4) is 0 Å². The van der Waals surface area contributed by atoms with E-state index in [0.29, 0.717) is 0 Å². The molecular weight excluding hydrogens is 1050 g/mol. The van der Waals surface area contributed by atoms with Gasteiger partial charge >= 0.3 is 29.8 Å². The van der Waals surface area contributed by atoms with Crippen LogP contribution in [0.3, 0.4) is 0 Å². The van der Waals surface area contributed by atoms with Gasteiger partial charge in [0.25, 0.3) is 5.91 Å². The van der Waals surface area contributed by atoms with Gasteiger partial charge in [-0.2, -0.15) is 0 Å². The lowest BCUT2D eigenvalue weighted by molar-refractivity contribution is -0.346. The summed E-state index contributed by atoms with van der Waals surface area (Å²) in [6, 6.07) is 22.3. The molecule has 5 aliphatic rings. The van der Waals surface area contributed by atoms with Gasteiger partial charge in [-0.15, -0.1) is 0 Å². The molecule has 16 atom stereocenters. The van der Waals surface area contributed by atoms with Gasteiger partial charge in [0, 0.05) is 57.8 Å². The zero-order valence-electron chi connectivity index (χ0n) is 45.4. The molecule has 2 saturated carbocycles. The summed E-state index contributed by atoms with van der Waals surface area (Å²) in [4.78, 5) is 101. The topological polar surface area (TPSA) is 316 Å². The Balaban J connectivity index is 1.22. The number of hydrogen-bond donors (Lipinski definition) is 6. The first kappa shape index (κ1) is 59.6. The first-order valence-corrected chi connectivity index (χ1v) is 26.4. The molecule has 22 heteroatoms. The second kappa shape index (κ2) is 23.9. The second-order valence-electron chi connectivity index (χ2n) is 21.7. The van der Waals surface area contributed by atoms with Crippen molar-refractivity contribution in [2.75, 3.05) is 26.9 Å². The quantitative estimate of drug-likeness (QED) is 0.0461. The summed E-state index contributed by atoms with van der Waals surface area (Å²) in [7, 11) is 1.27. The number of rotatable bonds is 18.